The van der Waals surface area contributed by atoms with Crippen molar-refractivity contribution in [1.29, 1.82) is 0 Å². The third-order valence-electron chi connectivity index (χ3n) is 8.50. The van der Waals surface area contributed by atoms with Crippen LogP contribution in [0.15, 0.2) is 48.9 Å². The predicted octanol–water partition coefficient (Wildman–Crippen LogP) is 3.56. The van der Waals surface area contributed by atoms with Crippen LogP contribution in [0.2, 0.25) is 0 Å². The number of fused-ring (bicyclic) bond motifs is 1. The monoisotopic (exact) mass is 526 g/mol. The van der Waals surface area contributed by atoms with E-state index < -0.39 is 0 Å². The van der Waals surface area contributed by atoms with Crippen molar-refractivity contribution in [3.05, 3.63) is 54.6 Å². The average Bonchev–Trinajstić information content (AvgIpc) is 3.47. The largest absolute Gasteiger partial charge is 0.488 e. The van der Waals surface area contributed by atoms with Crippen LogP contribution in [0, 0.1) is 5.92 Å². The van der Waals surface area contributed by atoms with Crippen LogP contribution < -0.4 is 15.0 Å². The Balaban J connectivity index is 1.02. The SMILES string of the molecule is CCN1CC[C@@H]1COc1cnn(C)c1-c1ccn2nc(NC(=O)[C@H]3C[C@H]3c3ccc(N4CCC4)cn3)cc2c1. The van der Waals surface area contributed by atoms with Crippen molar-refractivity contribution in [2.75, 3.05) is 43.0 Å². The van der Waals surface area contributed by atoms with Crippen LogP contribution in [-0.4, -0.2) is 74.0 Å². The number of carbonyl (C=O) groups excluding carboxylic acids is 1. The molecule has 7 rings (SSSR count). The van der Waals surface area contributed by atoms with E-state index in [4.69, 9.17) is 4.74 Å². The number of likely N-dealkylation sites (tertiary alicyclic amines) is 1. The Hall–Kier alpha value is -3.92. The number of hydrogen-bond acceptors (Lipinski definition) is 7. The van der Waals surface area contributed by atoms with Crippen LogP contribution in [0.5, 0.6) is 5.75 Å². The highest BCUT2D eigenvalue weighted by Gasteiger charge is 2.45. The zero-order valence-electron chi connectivity index (χ0n) is 22.5. The third-order valence-corrected chi connectivity index (χ3v) is 8.50. The lowest BCUT2D eigenvalue weighted by Crippen LogP contribution is -2.50. The van der Waals surface area contributed by atoms with Gasteiger partial charge in [0.25, 0.3) is 0 Å². The molecule has 3 atom stereocenters. The molecule has 1 amide bonds. The van der Waals surface area contributed by atoms with Crippen LogP contribution in [0.4, 0.5) is 11.5 Å². The maximum absolute atomic E-state index is 13.0. The van der Waals surface area contributed by atoms with E-state index >= 15 is 0 Å². The lowest BCUT2D eigenvalue weighted by molar-refractivity contribution is -0.117. The summed E-state index contributed by atoms with van der Waals surface area (Å²) < 4.78 is 9.84. The number of ether oxygens (including phenoxy) is 1. The van der Waals surface area contributed by atoms with Crippen molar-refractivity contribution in [2.24, 2.45) is 13.0 Å². The molecule has 39 heavy (non-hydrogen) atoms. The minimum atomic E-state index is -0.0684. The molecule has 0 radical (unpaired) electrons. The van der Waals surface area contributed by atoms with Crippen LogP contribution in [0.1, 0.15) is 37.8 Å². The van der Waals surface area contributed by atoms with Gasteiger partial charge in [-0.15, -0.1) is 0 Å². The molecule has 10 nitrogen and oxygen atoms in total. The smallest absolute Gasteiger partial charge is 0.229 e. The first-order valence-corrected chi connectivity index (χ1v) is 14.0. The first-order valence-electron chi connectivity index (χ1n) is 14.0. The highest BCUT2D eigenvalue weighted by atomic mass is 16.5. The van der Waals surface area contributed by atoms with Gasteiger partial charge in [0.05, 0.1) is 23.6 Å². The van der Waals surface area contributed by atoms with Crippen molar-refractivity contribution in [3.8, 4) is 17.0 Å². The molecule has 3 aliphatic rings. The van der Waals surface area contributed by atoms with Crippen LogP contribution >= 0.6 is 0 Å². The number of rotatable bonds is 9. The zero-order chi connectivity index (χ0) is 26.5. The molecule has 6 heterocycles. The minimum absolute atomic E-state index is 0.00307. The normalized spacial score (nSPS) is 22.4. The van der Waals surface area contributed by atoms with E-state index in [1.807, 2.05) is 36.3 Å². The fraction of sp³-hybridized carbons (Fsp3) is 0.448. The lowest BCUT2D eigenvalue weighted by Gasteiger charge is -2.39. The number of pyridine rings is 2. The highest BCUT2D eigenvalue weighted by molar-refractivity contribution is 5.95. The highest BCUT2D eigenvalue weighted by Crippen LogP contribution is 2.47. The number of nitrogens with zero attached hydrogens (tertiary/aromatic N) is 7. The standard InChI is InChI=1S/C29H34N8O2/c1-3-35-11-8-21(35)18-39-26-17-31-34(2)28(26)19-7-12-37-22(13-19)14-27(33-37)32-29(38)24-15-23(24)25-6-5-20(16-30-25)36-9-4-10-36/h5-7,12-14,16-17,21,23-24H,3-4,8-11,15,18H2,1-2H3,(H,32,33,38)/t21-,23-,24+/m1/s1. The second kappa shape index (κ2) is 9.68. The summed E-state index contributed by atoms with van der Waals surface area (Å²) in [6.07, 6.45) is 8.87. The molecule has 2 aliphatic heterocycles. The van der Waals surface area contributed by atoms with Gasteiger partial charge in [0.2, 0.25) is 5.91 Å². The summed E-state index contributed by atoms with van der Waals surface area (Å²) in [6.45, 7) is 7.25. The molecule has 202 valence electrons. The van der Waals surface area contributed by atoms with Gasteiger partial charge in [0, 0.05) is 68.1 Å². The van der Waals surface area contributed by atoms with E-state index in [0.29, 0.717) is 18.5 Å². The van der Waals surface area contributed by atoms with Gasteiger partial charge in [0.15, 0.2) is 11.6 Å². The third kappa shape index (κ3) is 4.52. The van der Waals surface area contributed by atoms with E-state index in [9.17, 15) is 4.79 Å². The molecule has 1 N–H and O–H groups in total. The van der Waals surface area contributed by atoms with Crippen molar-refractivity contribution in [1.82, 2.24) is 29.3 Å². The molecule has 0 unspecified atom stereocenters. The summed E-state index contributed by atoms with van der Waals surface area (Å²) in [5, 5.41) is 12.0. The number of likely N-dealkylation sites (N-methyl/N-ethyl adjacent to an activating group) is 1. The van der Waals surface area contributed by atoms with E-state index in [2.05, 4.69) is 55.4 Å². The molecular weight excluding hydrogens is 492 g/mol. The molecule has 1 aliphatic carbocycles. The number of aromatic nitrogens is 5. The van der Waals surface area contributed by atoms with E-state index in [1.54, 1.807) is 10.7 Å². The second-order valence-electron chi connectivity index (χ2n) is 10.9. The van der Waals surface area contributed by atoms with E-state index in [1.165, 1.54) is 18.5 Å². The molecular formula is C29H34N8O2. The molecule has 10 heteroatoms. The van der Waals surface area contributed by atoms with Crippen LogP contribution in [0.3, 0.4) is 0 Å². The van der Waals surface area contributed by atoms with E-state index in [0.717, 1.165) is 60.8 Å². The summed E-state index contributed by atoms with van der Waals surface area (Å²) in [5.74, 6) is 1.43. The molecule has 0 spiro atoms. The van der Waals surface area contributed by atoms with Crippen LogP contribution in [-0.2, 0) is 11.8 Å². The Labute approximate surface area is 227 Å². The zero-order valence-corrected chi connectivity index (χ0v) is 22.5. The van der Waals surface area contributed by atoms with Gasteiger partial charge in [0.1, 0.15) is 12.3 Å². The topological polar surface area (TPSA) is 92.8 Å². The van der Waals surface area contributed by atoms with Crippen LogP contribution in [0.25, 0.3) is 16.8 Å². The first kappa shape index (κ1) is 24.1. The average molecular weight is 527 g/mol. The number of hydrogen-bond donors (Lipinski definition) is 1. The van der Waals surface area contributed by atoms with Crippen molar-refractivity contribution in [3.63, 3.8) is 0 Å². The molecule has 1 saturated carbocycles. The number of anilines is 2. The summed E-state index contributed by atoms with van der Waals surface area (Å²) in [4.78, 5) is 22.4. The summed E-state index contributed by atoms with van der Waals surface area (Å²) in [6, 6.07) is 10.6. The molecule has 0 aromatic carbocycles. The summed E-state index contributed by atoms with van der Waals surface area (Å²) in [5.41, 5.74) is 4.98. The molecule has 2 saturated heterocycles. The van der Waals surface area contributed by atoms with Gasteiger partial charge < -0.3 is 15.0 Å². The molecule has 4 aromatic heterocycles. The van der Waals surface area contributed by atoms with Gasteiger partial charge in [-0.2, -0.15) is 10.2 Å². The Morgan fingerprint density at radius 2 is 2.05 bits per heavy atom. The number of aryl methyl sites for hydroxylation is 1. The number of nitrogens with one attached hydrogen (secondary N) is 1. The van der Waals surface area contributed by atoms with Gasteiger partial charge in [-0.1, -0.05) is 6.92 Å². The van der Waals surface area contributed by atoms with Gasteiger partial charge in [-0.25, -0.2) is 4.52 Å². The van der Waals surface area contributed by atoms with E-state index in [-0.39, 0.29) is 17.7 Å². The van der Waals surface area contributed by atoms with Crippen molar-refractivity contribution in [2.45, 2.75) is 38.1 Å². The van der Waals surface area contributed by atoms with Gasteiger partial charge in [-0.3, -0.25) is 19.4 Å². The van der Waals surface area contributed by atoms with Crippen molar-refractivity contribution >= 4 is 22.9 Å². The fourth-order valence-electron chi connectivity index (χ4n) is 5.75. The quantitative estimate of drug-likeness (QED) is 0.357. The van der Waals surface area contributed by atoms with Gasteiger partial charge in [-0.05, 0) is 50.1 Å². The Bertz CT molecular complexity index is 1500. The predicted molar refractivity (Wildman–Crippen MR) is 149 cm³/mol. The number of carbonyl (C=O) groups is 1. The first-order chi connectivity index (χ1) is 19.1. The fourth-order valence-corrected chi connectivity index (χ4v) is 5.75. The second-order valence-corrected chi connectivity index (χ2v) is 10.9. The van der Waals surface area contributed by atoms with Gasteiger partial charge >= 0.3 is 0 Å². The molecule has 0 bridgehead atoms. The molecule has 4 aromatic rings. The van der Waals surface area contributed by atoms with Crippen molar-refractivity contribution < 1.29 is 9.53 Å². The Kier molecular flexibility index (Phi) is 5.99. The molecule has 3 fully saturated rings. The lowest BCUT2D eigenvalue weighted by atomic mass is 10.0. The Morgan fingerprint density at radius 3 is 2.77 bits per heavy atom. The minimum Gasteiger partial charge on any atom is -0.488 e. The maximum Gasteiger partial charge on any atom is 0.229 e. The summed E-state index contributed by atoms with van der Waals surface area (Å²) >= 11 is 0. The number of amides is 1. The summed E-state index contributed by atoms with van der Waals surface area (Å²) in [7, 11) is 1.93. The Morgan fingerprint density at radius 1 is 1.15 bits per heavy atom. The maximum atomic E-state index is 13.0.